The summed E-state index contributed by atoms with van der Waals surface area (Å²) in [6.07, 6.45) is 11.0. The minimum atomic E-state index is -0.340. The van der Waals surface area contributed by atoms with Gasteiger partial charge in [-0.2, -0.15) is 0 Å². The Bertz CT molecular complexity index is 781. The summed E-state index contributed by atoms with van der Waals surface area (Å²) in [5.41, 5.74) is 3.71. The second-order valence-electron chi connectivity index (χ2n) is 5.25. The third-order valence-corrected chi connectivity index (χ3v) is 3.67. The molecule has 0 spiro atoms. The van der Waals surface area contributed by atoms with Gasteiger partial charge in [0, 0.05) is 7.05 Å². The zero-order valence-electron chi connectivity index (χ0n) is 13.6. The van der Waals surface area contributed by atoms with Crippen molar-refractivity contribution in [3.8, 4) is 0 Å². The Hall–Kier alpha value is -2.88. The van der Waals surface area contributed by atoms with E-state index < -0.39 is 0 Å². The molecule has 0 aliphatic heterocycles. The molecule has 0 amide bonds. The van der Waals surface area contributed by atoms with Crippen LogP contribution in [0.1, 0.15) is 30.7 Å². The second-order valence-corrected chi connectivity index (χ2v) is 5.25. The van der Waals surface area contributed by atoms with E-state index in [4.69, 9.17) is 0 Å². The largest absolute Gasteiger partial charge is 0.344 e. The summed E-state index contributed by atoms with van der Waals surface area (Å²) < 4.78 is 1.80. The first-order valence-electron chi connectivity index (χ1n) is 7.41. The molecule has 118 valence electrons. The van der Waals surface area contributed by atoms with E-state index in [0.717, 1.165) is 16.8 Å². The first-order chi connectivity index (χ1) is 11.0. The number of rotatable bonds is 5. The summed E-state index contributed by atoms with van der Waals surface area (Å²) in [4.78, 5) is 10.9. The highest BCUT2D eigenvalue weighted by Crippen LogP contribution is 2.30. The number of allylic oxidation sites excluding steroid dienone is 4. The van der Waals surface area contributed by atoms with Gasteiger partial charge in [0.05, 0.1) is 22.4 Å². The zero-order chi connectivity index (χ0) is 16.8. The van der Waals surface area contributed by atoms with Crippen LogP contribution in [0.2, 0.25) is 0 Å². The molecule has 0 saturated carbocycles. The molecule has 1 aromatic heterocycles. The lowest BCUT2D eigenvalue weighted by Crippen LogP contribution is -1.93. The van der Waals surface area contributed by atoms with Gasteiger partial charge in [0.2, 0.25) is 0 Å². The lowest BCUT2D eigenvalue weighted by Gasteiger charge is -2.04. The maximum atomic E-state index is 11.3. The number of aryl methyl sites for hydroxylation is 1. The Balaban J connectivity index is 2.36. The van der Waals surface area contributed by atoms with Crippen LogP contribution in [0.5, 0.6) is 0 Å². The molecule has 0 fully saturated rings. The van der Waals surface area contributed by atoms with Crippen LogP contribution < -0.4 is 0 Å². The van der Waals surface area contributed by atoms with Crippen LogP contribution in [0.25, 0.3) is 17.7 Å². The maximum Gasteiger partial charge on any atom is 0.294 e. The Labute approximate surface area is 136 Å². The van der Waals surface area contributed by atoms with E-state index in [9.17, 15) is 10.1 Å². The monoisotopic (exact) mass is 308 g/mol. The number of benzene rings is 1. The average Bonchev–Trinajstić information content (AvgIpc) is 2.88. The molecule has 0 aliphatic rings. The van der Waals surface area contributed by atoms with Crippen molar-refractivity contribution in [2.45, 2.75) is 13.8 Å². The fraction of sp³-hybridized carbons (Fsp3) is 0.158. The lowest BCUT2D eigenvalue weighted by molar-refractivity contribution is -0.385. The fourth-order valence-corrected chi connectivity index (χ4v) is 2.45. The highest BCUT2D eigenvalue weighted by molar-refractivity contribution is 5.77. The standard InChI is InChI=1S/C19H20N2O2/c1-4-15(2)19-17(18(21(22)23)14-20(19)3)13-9-8-12-16-10-6-5-7-11-16/h4-14H,1-3H3/b12-8+,13-9+,15-4+. The molecule has 1 heterocycles. The van der Waals surface area contributed by atoms with Crippen LogP contribution in [0.4, 0.5) is 5.69 Å². The molecule has 0 N–H and O–H groups in total. The quantitative estimate of drug-likeness (QED) is 0.439. The molecule has 2 aromatic rings. The molecule has 0 aliphatic carbocycles. The van der Waals surface area contributed by atoms with Crippen molar-refractivity contribution in [1.82, 2.24) is 4.57 Å². The Morgan fingerprint density at radius 3 is 2.43 bits per heavy atom. The molecule has 0 radical (unpaired) electrons. The van der Waals surface area contributed by atoms with Gasteiger partial charge in [0.15, 0.2) is 0 Å². The van der Waals surface area contributed by atoms with Gasteiger partial charge in [-0.25, -0.2) is 0 Å². The van der Waals surface area contributed by atoms with Crippen LogP contribution in [0, 0.1) is 10.1 Å². The SMILES string of the molecule is C/C=C(\C)c1c(/C=C/C=C/c2ccccc2)c([N+](=O)[O-])cn1C. The summed E-state index contributed by atoms with van der Waals surface area (Å²) in [6.45, 7) is 3.88. The van der Waals surface area contributed by atoms with Crippen LogP contribution in [-0.4, -0.2) is 9.49 Å². The molecule has 4 heteroatoms. The van der Waals surface area contributed by atoms with E-state index >= 15 is 0 Å². The van der Waals surface area contributed by atoms with Crippen LogP contribution in [-0.2, 0) is 7.05 Å². The van der Waals surface area contributed by atoms with Gasteiger partial charge in [0.25, 0.3) is 5.69 Å². The van der Waals surface area contributed by atoms with E-state index in [1.54, 1.807) is 16.8 Å². The van der Waals surface area contributed by atoms with E-state index in [0.29, 0.717) is 5.56 Å². The van der Waals surface area contributed by atoms with Gasteiger partial charge < -0.3 is 4.57 Å². The normalized spacial score (nSPS) is 12.4. The van der Waals surface area contributed by atoms with Crippen molar-refractivity contribution in [3.63, 3.8) is 0 Å². The van der Waals surface area contributed by atoms with E-state index in [1.807, 2.05) is 75.5 Å². The predicted molar refractivity (Wildman–Crippen MR) is 95.9 cm³/mol. The Morgan fingerprint density at radius 1 is 1.17 bits per heavy atom. The van der Waals surface area contributed by atoms with Crippen molar-refractivity contribution in [1.29, 1.82) is 0 Å². The molecule has 0 unspecified atom stereocenters. The minimum absolute atomic E-state index is 0.119. The maximum absolute atomic E-state index is 11.3. The molecule has 4 nitrogen and oxygen atoms in total. The van der Waals surface area contributed by atoms with Crippen molar-refractivity contribution in [3.05, 3.63) is 81.7 Å². The molecule has 0 atom stereocenters. The smallest absolute Gasteiger partial charge is 0.294 e. The zero-order valence-corrected chi connectivity index (χ0v) is 13.6. The summed E-state index contributed by atoms with van der Waals surface area (Å²) in [6, 6.07) is 9.92. The first kappa shape index (κ1) is 16.5. The molecular weight excluding hydrogens is 288 g/mol. The number of hydrogen-bond acceptors (Lipinski definition) is 2. The van der Waals surface area contributed by atoms with Crippen molar-refractivity contribution >= 4 is 23.4 Å². The van der Waals surface area contributed by atoms with E-state index in [1.165, 1.54) is 0 Å². The van der Waals surface area contributed by atoms with Crippen LogP contribution in [0.15, 0.2) is 54.8 Å². The molecule has 23 heavy (non-hydrogen) atoms. The summed E-state index contributed by atoms with van der Waals surface area (Å²) in [5.74, 6) is 0. The fourth-order valence-electron chi connectivity index (χ4n) is 2.45. The van der Waals surface area contributed by atoms with Crippen molar-refractivity contribution in [2.24, 2.45) is 7.05 Å². The second kappa shape index (κ2) is 7.40. The molecule has 2 rings (SSSR count). The van der Waals surface area contributed by atoms with Gasteiger partial charge in [-0.05, 0) is 31.1 Å². The highest BCUT2D eigenvalue weighted by atomic mass is 16.6. The number of nitro groups is 1. The number of aromatic nitrogens is 1. The van der Waals surface area contributed by atoms with Gasteiger partial charge >= 0.3 is 0 Å². The topological polar surface area (TPSA) is 48.1 Å². The van der Waals surface area contributed by atoms with Crippen molar-refractivity contribution in [2.75, 3.05) is 0 Å². The van der Waals surface area contributed by atoms with Gasteiger partial charge in [0.1, 0.15) is 0 Å². The third kappa shape index (κ3) is 3.86. The van der Waals surface area contributed by atoms with Gasteiger partial charge in [-0.3, -0.25) is 10.1 Å². The molecule has 0 bridgehead atoms. The van der Waals surface area contributed by atoms with Crippen LogP contribution >= 0.6 is 0 Å². The summed E-state index contributed by atoms with van der Waals surface area (Å²) in [5, 5.41) is 11.3. The van der Waals surface area contributed by atoms with Crippen molar-refractivity contribution < 1.29 is 4.92 Å². The highest BCUT2D eigenvalue weighted by Gasteiger charge is 2.21. The lowest BCUT2D eigenvalue weighted by atomic mass is 10.1. The summed E-state index contributed by atoms with van der Waals surface area (Å²) in [7, 11) is 1.83. The number of hydrogen-bond donors (Lipinski definition) is 0. The van der Waals surface area contributed by atoms with E-state index in [2.05, 4.69) is 0 Å². The first-order valence-corrected chi connectivity index (χ1v) is 7.41. The van der Waals surface area contributed by atoms with Gasteiger partial charge in [-0.1, -0.05) is 54.6 Å². The minimum Gasteiger partial charge on any atom is -0.344 e. The molecular formula is C19H20N2O2. The Kier molecular flexibility index (Phi) is 5.31. The van der Waals surface area contributed by atoms with Crippen LogP contribution in [0.3, 0.4) is 0 Å². The van der Waals surface area contributed by atoms with Gasteiger partial charge in [-0.15, -0.1) is 0 Å². The average molecular weight is 308 g/mol. The third-order valence-electron chi connectivity index (χ3n) is 3.67. The predicted octanol–water partition coefficient (Wildman–Crippen LogP) is 5.08. The van der Waals surface area contributed by atoms with E-state index in [-0.39, 0.29) is 10.6 Å². The Morgan fingerprint density at radius 2 is 1.83 bits per heavy atom. The molecule has 1 aromatic carbocycles. The number of nitrogens with zero attached hydrogens (tertiary/aromatic N) is 2. The molecule has 0 saturated heterocycles. The summed E-state index contributed by atoms with van der Waals surface area (Å²) >= 11 is 0.